The van der Waals surface area contributed by atoms with E-state index >= 15 is 0 Å². The van der Waals surface area contributed by atoms with E-state index in [-0.39, 0.29) is 5.78 Å². The lowest BCUT2D eigenvalue weighted by Gasteiger charge is -2.22. The second-order valence-electron chi connectivity index (χ2n) is 6.65. The van der Waals surface area contributed by atoms with Crippen LogP contribution in [0.2, 0.25) is 0 Å². The van der Waals surface area contributed by atoms with Crippen LogP contribution in [0.1, 0.15) is 52.4 Å². The number of H-pyrrole nitrogens is 1. The van der Waals surface area contributed by atoms with Crippen LogP contribution in [0.4, 0.5) is 0 Å². The lowest BCUT2D eigenvalue weighted by atomic mass is 10.2. The molecule has 4 rings (SSSR count). The highest BCUT2D eigenvalue weighted by Gasteiger charge is 2.28. The van der Waals surface area contributed by atoms with E-state index in [1.165, 1.54) is 17.5 Å². The van der Waals surface area contributed by atoms with E-state index in [0.717, 1.165) is 41.2 Å². The van der Waals surface area contributed by atoms with E-state index in [1.807, 2.05) is 6.07 Å². The van der Waals surface area contributed by atoms with Crippen molar-refractivity contribution in [3.05, 3.63) is 51.5 Å². The first-order chi connectivity index (χ1) is 11.6. The van der Waals surface area contributed by atoms with Crippen molar-refractivity contribution >= 4 is 28.2 Å². The number of thiophene rings is 1. The molecule has 124 valence electrons. The molecule has 0 aliphatic carbocycles. The van der Waals surface area contributed by atoms with E-state index in [4.69, 9.17) is 4.98 Å². The molecular weight excluding hydrogens is 318 g/mol. The Morgan fingerprint density at radius 2 is 2.29 bits per heavy atom. The quantitative estimate of drug-likeness (QED) is 0.713. The fourth-order valence-electron chi connectivity index (χ4n) is 3.50. The number of likely N-dealkylation sites (tertiary alicyclic amines) is 1. The van der Waals surface area contributed by atoms with Gasteiger partial charge in [-0.1, -0.05) is 6.07 Å². The van der Waals surface area contributed by atoms with Crippen molar-refractivity contribution in [1.82, 2.24) is 14.9 Å². The number of ketones is 1. The van der Waals surface area contributed by atoms with Crippen LogP contribution in [0.15, 0.2) is 29.6 Å². The molecule has 0 amide bonds. The lowest BCUT2D eigenvalue weighted by Crippen LogP contribution is -2.23. The maximum atomic E-state index is 11.5. The average Bonchev–Trinajstić information content (AvgIpc) is 3.25. The maximum absolute atomic E-state index is 11.5. The van der Waals surface area contributed by atoms with Gasteiger partial charge in [0.15, 0.2) is 5.78 Å². The molecule has 0 spiro atoms. The third-order valence-electron chi connectivity index (χ3n) is 4.72. The highest BCUT2D eigenvalue weighted by Crippen LogP contribution is 2.33. The van der Waals surface area contributed by atoms with Crippen molar-refractivity contribution in [2.75, 3.05) is 6.54 Å². The Hall–Kier alpha value is -1.98. The standard InChI is InChI=1S/C19H21N3OS/c1-12-5-6-15-16(8-12)21-19(20-15)17-4-3-7-22(17)10-14-9-18(13(2)23)24-11-14/h5-6,8-9,11,17H,3-4,7,10H2,1-2H3,(H,20,21)/t17-/m1/s1. The van der Waals surface area contributed by atoms with Gasteiger partial charge < -0.3 is 4.98 Å². The van der Waals surface area contributed by atoms with E-state index in [1.54, 1.807) is 18.3 Å². The number of imidazole rings is 1. The van der Waals surface area contributed by atoms with Crippen LogP contribution in [0.5, 0.6) is 0 Å². The molecule has 1 N–H and O–H groups in total. The molecule has 0 bridgehead atoms. The van der Waals surface area contributed by atoms with Crippen LogP contribution in [0.25, 0.3) is 11.0 Å². The first-order valence-electron chi connectivity index (χ1n) is 8.39. The summed E-state index contributed by atoms with van der Waals surface area (Å²) in [7, 11) is 0. The summed E-state index contributed by atoms with van der Waals surface area (Å²) in [6.07, 6.45) is 2.31. The zero-order chi connectivity index (χ0) is 16.7. The number of aromatic amines is 1. The van der Waals surface area contributed by atoms with Gasteiger partial charge in [-0.05, 0) is 67.9 Å². The van der Waals surface area contributed by atoms with Gasteiger partial charge in [0.2, 0.25) is 0 Å². The number of nitrogens with one attached hydrogen (secondary N) is 1. The molecule has 0 radical (unpaired) electrons. The topological polar surface area (TPSA) is 49.0 Å². The minimum atomic E-state index is 0.150. The number of carbonyl (C=O) groups excluding carboxylic acids is 1. The number of Topliss-reactive ketones (excluding diaryl/α,β-unsaturated/α-hetero) is 1. The van der Waals surface area contributed by atoms with Gasteiger partial charge in [0.1, 0.15) is 5.82 Å². The number of nitrogens with zero attached hydrogens (tertiary/aromatic N) is 2. The molecule has 1 aromatic carbocycles. The fraction of sp³-hybridized carbons (Fsp3) is 0.368. The molecule has 0 saturated carbocycles. The average molecular weight is 339 g/mol. The summed E-state index contributed by atoms with van der Waals surface area (Å²) in [4.78, 5) is 23.1. The Morgan fingerprint density at radius 1 is 1.42 bits per heavy atom. The van der Waals surface area contributed by atoms with E-state index < -0.39 is 0 Å². The summed E-state index contributed by atoms with van der Waals surface area (Å²) in [6, 6.07) is 8.71. The molecule has 1 saturated heterocycles. The van der Waals surface area contributed by atoms with Gasteiger partial charge in [0.25, 0.3) is 0 Å². The van der Waals surface area contributed by atoms with Crippen LogP contribution in [0, 0.1) is 6.92 Å². The Bertz CT molecular complexity index is 895. The van der Waals surface area contributed by atoms with E-state index in [9.17, 15) is 4.79 Å². The van der Waals surface area contributed by atoms with Gasteiger partial charge in [-0.15, -0.1) is 11.3 Å². The van der Waals surface area contributed by atoms with Gasteiger partial charge in [-0.3, -0.25) is 9.69 Å². The summed E-state index contributed by atoms with van der Waals surface area (Å²) in [5.74, 6) is 1.21. The smallest absolute Gasteiger partial charge is 0.169 e. The Balaban J connectivity index is 1.57. The zero-order valence-corrected chi connectivity index (χ0v) is 14.8. The number of fused-ring (bicyclic) bond motifs is 1. The molecule has 3 heterocycles. The second-order valence-corrected chi connectivity index (χ2v) is 7.56. The predicted molar refractivity (Wildman–Crippen MR) is 97.5 cm³/mol. The number of carbonyl (C=O) groups is 1. The van der Waals surface area contributed by atoms with Gasteiger partial charge >= 0.3 is 0 Å². The summed E-state index contributed by atoms with van der Waals surface area (Å²) in [5.41, 5.74) is 4.63. The van der Waals surface area contributed by atoms with Crippen LogP contribution in [-0.4, -0.2) is 27.2 Å². The summed E-state index contributed by atoms with van der Waals surface area (Å²) in [6.45, 7) is 5.69. The SMILES string of the molecule is CC(=O)c1cc(CN2CCC[C@@H]2c2nc3ccc(C)cc3[nH]2)cs1. The molecule has 5 heteroatoms. The molecule has 1 fully saturated rings. The number of hydrogen-bond acceptors (Lipinski definition) is 4. The van der Waals surface area contributed by atoms with Gasteiger partial charge in [-0.2, -0.15) is 0 Å². The fourth-order valence-corrected chi connectivity index (χ4v) is 4.31. The number of benzene rings is 1. The lowest BCUT2D eigenvalue weighted by molar-refractivity contribution is 0.102. The first kappa shape index (κ1) is 15.5. The minimum Gasteiger partial charge on any atom is -0.341 e. The molecule has 0 unspecified atom stereocenters. The summed E-state index contributed by atoms with van der Waals surface area (Å²) >= 11 is 1.54. The molecule has 1 aliphatic rings. The van der Waals surface area contributed by atoms with Crippen LogP contribution in [-0.2, 0) is 6.54 Å². The summed E-state index contributed by atoms with van der Waals surface area (Å²) < 4.78 is 0. The highest BCUT2D eigenvalue weighted by atomic mass is 32.1. The monoisotopic (exact) mass is 339 g/mol. The molecule has 1 aliphatic heterocycles. The van der Waals surface area contributed by atoms with Crippen LogP contribution >= 0.6 is 11.3 Å². The normalized spacial score (nSPS) is 18.5. The van der Waals surface area contributed by atoms with Gasteiger partial charge in [-0.25, -0.2) is 4.98 Å². The predicted octanol–water partition coefficient (Wildman–Crippen LogP) is 4.47. The molecule has 3 aromatic rings. The Labute approximate surface area is 145 Å². The molecule has 4 nitrogen and oxygen atoms in total. The van der Waals surface area contributed by atoms with Gasteiger partial charge in [0, 0.05) is 6.54 Å². The Kier molecular flexibility index (Phi) is 3.98. The zero-order valence-electron chi connectivity index (χ0n) is 14.0. The highest BCUT2D eigenvalue weighted by molar-refractivity contribution is 7.12. The molecule has 2 aromatic heterocycles. The summed E-state index contributed by atoms with van der Waals surface area (Å²) in [5, 5.41) is 2.11. The van der Waals surface area contributed by atoms with Crippen molar-refractivity contribution in [2.24, 2.45) is 0 Å². The first-order valence-corrected chi connectivity index (χ1v) is 9.27. The maximum Gasteiger partial charge on any atom is 0.169 e. The third-order valence-corrected chi connectivity index (χ3v) is 5.80. The van der Waals surface area contributed by atoms with E-state index in [2.05, 4.69) is 40.4 Å². The minimum absolute atomic E-state index is 0.150. The number of aryl methyl sites for hydroxylation is 1. The van der Waals surface area contributed by atoms with Crippen molar-refractivity contribution in [2.45, 2.75) is 39.3 Å². The molecule has 1 atom stereocenters. The number of hydrogen-bond donors (Lipinski definition) is 1. The number of aromatic nitrogens is 2. The Morgan fingerprint density at radius 3 is 3.08 bits per heavy atom. The molecular formula is C19H21N3OS. The van der Waals surface area contributed by atoms with Crippen molar-refractivity contribution in [3.63, 3.8) is 0 Å². The van der Waals surface area contributed by atoms with Crippen molar-refractivity contribution in [1.29, 1.82) is 0 Å². The third kappa shape index (κ3) is 2.89. The number of rotatable bonds is 4. The van der Waals surface area contributed by atoms with Crippen molar-refractivity contribution in [3.8, 4) is 0 Å². The largest absolute Gasteiger partial charge is 0.341 e. The molecule has 24 heavy (non-hydrogen) atoms. The van der Waals surface area contributed by atoms with Gasteiger partial charge in [0.05, 0.1) is 22.0 Å². The van der Waals surface area contributed by atoms with Crippen LogP contribution < -0.4 is 0 Å². The van der Waals surface area contributed by atoms with Crippen molar-refractivity contribution < 1.29 is 4.79 Å². The van der Waals surface area contributed by atoms with E-state index in [0.29, 0.717) is 6.04 Å². The van der Waals surface area contributed by atoms with Crippen LogP contribution in [0.3, 0.4) is 0 Å². The second kappa shape index (κ2) is 6.15.